The van der Waals surface area contributed by atoms with Crippen LogP contribution in [0.2, 0.25) is 0 Å². The lowest BCUT2D eigenvalue weighted by Gasteiger charge is -2.01. The second kappa shape index (κ2) is 12.0. The third kappa shape index (κ3) is 9.28. The van der Waals surface area contributed by atoms with Crippen LogP contribution in [0, 0.1) is 0 Å². The third-order valence-corrected chi connectivity index (χ3v) is 1.16. The second-order valence-corrected chi connectivity index (χ2v) is 1.93. The molecule has 0 spiro atoms. The summed E-state index contributed by atoms with van der Waals surface area (Å²) >= 11 is 0. The van der Waals surface area contributed by atoms with Crippen molar-refractivity contribution < 1.29 is 0 Å². The van der Waals surface area contributed by atoms with Crippen molar-refractivity contribution in [3.8, 4) is 0 Å². The Morgan fingerprint density at radius 1 is 1.45 bits per heavy atom. The Morgan fingerprint density at radius 2 is 2.00 bits per heavy atom. The summed E-state index contributed by atoms with van der Waals surface area (Å²) < 4.78 is 0. The fourth-order valence-corrected chi connectivity index (χ4v) is 0.703. The molecule has 0 aliphatic rings. The summed E-state index contributed by atoms with van der Waals surface area (Å²) in [5.41, 5.74) is 1.26. The molecule has 0 radical (unpaired) electrons. The Bertz CT molecular complexity index is 103. The highest BCUT2D eigenvalue weighted by molar-refractivity contribution is 5.07. The number of rotatable bonds is 4. The van der Waals surface area contributed by atoms with E-state index in [-0.39, 0.29) is 0 Å². The van der Waals surface area contributed by atoms with E-state index < -0.39 is 0 Å². The first kappa shape index (κ1) is 12.9. The predicted molar refractivity (Wildman–Crippen MR) is 53.6 cm³/mol. The van der Waals surface area contributed by atoms with E-state index in [0.29, 0.717) is 0 Å². The van der Waals surface area contributed by atoms with Crippen molar-refractivity contribution in [1.29, 1.82) is 0 Å². The minimum absolute atomic E-state index is 1.11. The van der Waals surface area contributed by atoms with Gasteiger partial charge in [-0.3, -0.25) is 0 Å². The van der Waals surface area contributed by atoms with Gasteiger partial charge in [0.05, 0.1) is 0 Å². The monoisotopic (exact) mass is 155 g/mol. The minimum Gasteiger partial charge on any atom is -0.391 e. The molecule has 0 aliphatic heterocycles. The van der Waals surface area contributed by atoms with E-state index >= 15 is 0 Å². The summed E-state index contributed by atoms with van der Waals surface area (Å²) in [5, 5.41) is 3.09. The van der Waals surface area contributed by atoms with Gasteiger partial charge in [-0.2, -0.15) is 0 Å². The minimum atomic E-state index is 1.11. The maximum Gasteiger partial charge on any atom is 0.0104 e. The first-order valence-electron chi connectivity index (χ1n) is 4.34. The standard InChI is InChI=1S/C8H15N.C2H6/c1-4-6-8(9-3)7-5-2;1-2/h4,6,9H,1,5,7H2,2-3H3;1-2H3/b8-6+;. The van der Waals surface area contributed by atoms with Gasteiger partial charge in [0.25, 0.3) is 0 Å². The van der Waals surface area contributed by atoms with Crippen molar-refractivity contribution in [2.24, 2.45) is 0 Å². The topological polar surface area (TPSA) is 12.0 Å². The molecular weight excluding hydrogens is 134 g/mol. The lowest BCUT2D eigenvalue weighted by Crippen LogP contribution is -2.04. The van der Waals surface area contributed by atoms with Crippen molar-refractivity contribution in [2.75, 3.05) is 7.05 Å². The fourth-order valence-electron chi connectivity index (χ4n) is 0.703. The molecule has 0 saturated heterocycles. The van der Waals surface area contributed by atoms with Gasteiger partial charge in [0.15, 0.2) is 0 Å². The quantitative estimate of drug-likeness (QED) is 0.615. The van der Waals surface area contributed by atoms with Gasteiger partial charge in [-0.25, -0.2) is 0 Å². The Kier molecular flexibility index (Phi) is 14.1. The molecule has 0 heterocycles. The van der Waals surface area contributed by atoms with Crippen LogP contribution in [0.25, 0.3) is 0 Å². The van der Waals surface area contributed by atoms with Crippen molar-refractivity contribution in [1.82, 2.24) is 5.32 Å². The molecule has 0 bridgehead atoms. The van der Waals surface area contributed by atoms with E-state index in [1.807, 2.05) is 33.0 Å². The molecule has 0 aliphatic carbocycles. The highest BCUT2D eigenvalue weighted by atomic mass is 14.8. The molecule has 0 unspecified atom stereocenters. The van der Waals surface area contributed by atoms with Gasteiger partial charge in [0.2, 0.25) is 0 Å². The van der Waals surface area contributed by atoms with Crippen LogP contribution >= 0.6 is 0 Å². The maximum absolute atomic E-state index is 3.61. The molecule has 0 aromatic carbocycles. The van der Waals surface area contributed by atoms with Crippen LogP contribution in [0.3, 0.4) is 0 Å². The molecule has 0 rings (SSSR count). The normalized spacial score (nSPS) is 9.64. The molecule has 0 amide bonds. The molecule has 0 aromatic rings. The molecule has 1 N–H and O–H groups in total. The van der Waals surface area contributed by atoms with E-state index in [4.69, 9.17) is 0 Å². The molecule has 11 heavy (non-hydrogen) atoms. The van der Waals surface area contributed by atoms with Crippen LogP contribution in [0.4, 0.5) is 0 Å². The van der Waals surface area contributed by atoms with E-state index in [1.165, 1.54) is 12.1 Å². The predicted octanol–water partition coefficient (Wildman–Crippen LogP) is 3.10. The molecule has 0 saturated carbocycles. The summed E-state index contributed by atoms with van der Waals surface area (Å²) in [7, 11) is 1.94. The smallest absolute Gasteiger partial charge is 0.0104 e. The van der Waals surface area contributed by atoms with Crippen molar-refractivity contribution in [3.63, 3.8) is 0 Å². The van der Waals surface area contributed by atoms with Crippen LogP contribution < -0.4 is 5.32 Å². The molecule has 1 heteroatoms. The number of hydrogen-bond acceptors (Lipinski definition) is 1. The second-order valence-electron chi connectivity index (χ2n) is 1.93. The van der Waals surface area contributed by atoms with Crippen molar-refractivity contribution >= 4 is 0 Å². The van der Waals surface area contributed by atoms with E-state index in [1.54, 1.807) is 0 Å². The molecule has 1 nitrogen and oxygen atoms in total. The van der Waals surface area contributed by atoms with Gasteiger partial charge in [-0.1, -0.05) is 39.8 Å². The Morgan fingerprint density at radius 3 is 2.27 bits per heavy atom. The van der Waals surface area contributed by atoms with E-state index in [2.05, 4.69) is 18.8 Å². The summed E-state index contributed by atoms with van der Waals surface area (Å²) in [4.78, 5) is 0. The number of nitrogens with one attached hydrogen (secondary N) is 1. The first-order chi connectivity index (χ1) is 5.35. The Hall–Kier alpha value is -0.720. The van der Waals surface area contributed by atoms with Crippen molar-refractivity contribution in [2.45, 2.75) is 33.6 Å². The molecule has 0 aromatic heterocycles. The number of allylic oxidation sites excluding steroid dienone is 3. The van der Waals surface area contributed by atoms with Crippen LogP contribution in [0.1, 0.15) is 33.6 Å². The highest BCUT2D eigenvalue weighted by Crippen LogP contribution is 1.98. The summed E-state index contributed by atoms with van der Waals surface area (Å²) in [6.45, 7) is 9.78. The number of hydrogen-bond donors (Lipinski definition) is 1. The Balaban J connectivity index is 0. The van der Waals surface area contributed by atoms with Gasteiger partial charge in [-0.05, 0) is 12.5 Å². The lowest BCUT2D eigenvalue weighted by molar-refractivity contribution is 0.816. The summed E-state index contributed by atoms with van der Waals surface area (Å²) in [6.07, 6.45) is 6.11. The van der Waals surface area contributed by atoms with E-state index in [9.17, 15) is 0 Å². The van der Waals surface area contributed by atoms with Gasteiger partial charge < -0.3 is 5.32 Å². The van der Waals surface area contributed by atoms with Gasteiger partial charge in [0, 0.05) is 12.7 Å². The largest absolute Gasteiger partial charge is 0.391 e. The van der Waals surface area contributed by atoms with Gasteiger partial charge in [-0.15, -0.1) is 0 Å². The third-order valence-electron chi connectivity index (χ3n) is 1.16. The highest BCUT2D eigenvalue weighted by Gasteiger charge is 1.86. The molecule has 0 fully saturated rings. The van der Waals surface area contributed by atoms with Crippen molar-refractivity contribution in [3.05, 3.63) is 24.4 Å². The summed E-state index contributed by atoms with van der Waals surface area (Å²) in [5.74, 6) is 0. The molecule has 66 valence electrons. The van der Waals surface area contributed by atoms with Crippen LogP contribution in [-0.2, 0) is 0 Å². The van der Waals surface area contributed by atoms with E-state index in [0.717, 1.165) is 6.42 Å². The SMILES string of the molecule is C=C/C=C(\CCC)NC.CC. The zero-order valence-electron chi connectivity index (χ0n) is 8.28. The zero-order chi connectivity index (χ0) is 9.11. The molecule has 0 atom stereocenters. The average Bonchev–Trinajstić information content (AvgIpc) is 2.08. The molecular formula is C10H21N. The fraction of sp³-hybridized carbons (Fsp3) is 0.600. The van der Waals surface area contributed by atoms with Gasteiger partial charge in [0.1, 0.15) is 0 Å². The maximum atomic E-state index is 3.61. The zero-order valence-corrected chi connectivity index (χ0v) is 8.28. The average molecular weight is 155 g/mol. The summed E-state index contributed by atoms with van der Waals surface area (Å²) in [6, 6.07) is 0. The van der Waals surface area contributed by atoms with Crippen LogP contribution in [-0.4, -0.2) is 7.05 Å². The lowest BCUT2D eigenvalue weighted by atomic mass is 10.2. The first-order valence-corrected chi connectivity index (χ1v) is 4.34. The van der Waals surface area contributed by atoms with Gasteiger partial charge >= 0.3 is 0 Å². The van der Waals surface area contributed by atoms with Crippen LogP contribution in [0.5, 0.6) is 0 Å². The van der Waals surface area contributed by atoms with Crippen LogP contribution in [0.15, 0.2) is 24.4 Å². The Labute approximate surface area is 71.2 Å².